The Bertz CT molecular complexity index is 1410. The fourth-order valence-electron chi connectivity index (χ4n) is 5.47. The molecule has 1 aromatic carbocycles. The van der Waals surface area contributed by atoms with E-state index >= 15 is 0 Å². The lowest BCUT2D eigenvalue weighted by atomic mass is 9.98. The molecular weight excluding hydrogens is 646 g/mol. The summed E-state index contributed by atoms with van der Waals surface area (Å²) in [6.45, 7) is 10.7. The van der Waals surface area contributed by atoms with Gasteiger partial charge in [0, 0.05) is 22.7 Å². The summed E-state index contributed by atoms with van der Waals surface area (Å²) in [7, 11) is 0. The lowest BCUT2D eigenvalue weighted by Crippen LogP contribution is -2.55. The number of benzene rings is 1. The monoisotopic (exact) mass is 701 g/mol. The van der Waals surface area contributed by atoms with Crippen LogP contribution < -0.4 is 15.4 Å². The van der Waals surface area contributed by atoms with Gasteiger partial charge in [-0.25, -0.2) is 9.59 Å². The Morgan fingerprint density at radius 3 is 2.43 bits per heavy atom. The molecule has 0 bridgehead atoms. The van der Waals surface area contributed by atoms with Gasteiger partial charge in [-0.1, -0.05) is 66.0 Å². The second-order valence-corrected chi connectivity index (χ2v) is 14.8. The van der Waals surface area contributed by atoms with E-state index in [1.54, 1.807) is 6.07 Å². The Kier molecular flexibility index (Phi) is 16.3. The molecule has 1 aliphatic carbocycles. The molecule has 2 aliphatic rings. The second-order valence-electron chi connectivity index (χ2n) is 13.7. The number of hydrogen-bond donors (Lipinski definition) is 5. The number of ether oxygens (including phenoxy) is 1. The maximum Gasteiger partial charge on any atom is 0.407 e. The van der Waals surface area contributed by atoms with Crippen LogP contribution in [0.25, 0.3) is 10.9 Å². The summed E-state index contributed by atoms with van der Waals surface area (Å²) in [5.41, 5.74) is 2.08. The molecule has 4 amide bonds. The number of H-pyrrole nitrogens is 1. The molecule has 1 saturated carbocycles. The van der Waals surface area contributed by atoms with Gasteiger partial charge in [0.2, 0.25) is 11.8 Å². The number of alkyl carbamates (subject to hydrolysis) is 1. The normalized spacial score (nSPS) is 16.8. The standard InChI is InChI=1S/C32H45N5O7S.C4H10/c1-3-20(2)28(30(40)36-45-22-14-15-22)35-29(39)26-13-9-16-37(26)27(38)19-33-32(43)44-17-7-5-4-6-10-21-11-8-12-24-23(21)18-25(34-24)31(41)42;1-4(2)3/h8,11-12,18,20,22,26,28,34H,3-7,9-10,13-17,19H2,1-2H3,(H,33,43)(H,35,39)(H,36,40)(H,41,42);4H,1-3H3/t20-,26?,28?;/m0./s1. The smallest absolute Gasteiger partial charge is 0.407 e. The number of unbranched alkanes of at least 4 members (excludes halogenated alkanes) is 3. The fourth-order valence-corrected chi connectivity index (χ4v) is 6.25. The van der Waals surface area contributed by atoms with Crippen molar-refractivity contribution < 1.29 is 33.8 Å². The van der Waals surface area contributed by atoms with E-state index in [1.165, 1.54) is 16.8 Å². The number of hydrogen-bond acceptors (Lipinski definition) is 7. The van der Waals surface area contributed by atoms with Gasteiger partial charge in [0.05, 0.1) is 6.61 Å². The van der Waals surface area contributed by atoms with Crippen molar-refractivity contribution in [2.24, 2.45) is 11.8 Å². The predicted molar refractivity (Wildman–Crippen MR) is 192 cm³/mol. The Morgan fingerprint density at radius 1 is 1.04 bits per heavy atom. The molecule has 0 spiro atoms. The summed E-state index contributed by atoms with van der Waals surface area (Å²) in [6, 6.07) is 6.09. The third-order valence-corrected chi connectivity index (χ3v) is 9.59. The van der Waals surface area contributed by atoms with Crippen LogP contribution in [0.5, 0.6) is 0 Å². The Balaban J connectivity index is 0.00000154. The minimum atomic E-state index is -0.982. The SMILES string of the molecule is CC(C)C.CC[C@H](C)C(NC(=O)C1CCCN1C(=O)CNC(=O)OCCCCCCc1cccc2[nH]c(C(=O)O)cc12)C(=O)NSC1CC1. The van der Waals surface area contributed by atoms with Crippen molar-refractivity contribution in [1.29, 1.82) is 0 Å². The van der Waals surface area contributed by atoms with Crippen molar-refractivity contribution in [3.63, 3.8) is 0 Å². The number of fused-ring (bicyclic) bond motifs is 1. The van der Waals surface area contributed by atoms with Crippen LogP contribution in [0.3, 0.4) is 0 Å². The summed E-state index contributed by atoms with van der Waals surface area (Å²) in [6.07, 6.45) is 7.55. The number of carboxylic acid groups (broad SMARTS) is 1. The van der Waals surface area contributed by atoms with Gasteiger partial charge < -0.3 is 30.4 Å². The minimum Gasteiger partial charge on any atom is -0.477 e. The van der Waals surface area contributed by atoms with Crippen LogP contribution in [-0.2, 0) is 25.5 Å². The Morgan fingerprint density at radius 2 is 1.76 bits per heavy atom. The van der Waals surface area contributed by atoms with Gasteiger partial charge in [-0.2, -0.15) is 0 Å². The molecule has 1 saturated heterocycles. The molecule has 0 radical (unpaired) electrons. The van der Waals surface area contributed by atoms with Crippen LogP contribution in [0.4, 0.5) is 4.79 Å². The number of carboxylic acids is 1. The molecule has 2 unspecified atom stereocenters. The van der Waals surface area contributed by atoms with Crippen LogP contribution in [0.15, 0.2) is 24.3 Å². The number of carbonyl (C=O) groups excluding carboxylic acids is 4. The van der Waals surface area contributed by atoms with E-state index in [0.29, 0.717) is 37.5 Å². The molecule has 2 fully saturated rings. The van der Waals surface area contributed by atoms with Crippen LogP contribution in [0.2, 0.25) is 0 Å². The highest BCUT2D eigenvalue weighted by atomic mass is 32.2. The van der Waals surface area contributed by atoms with Crippen molar-refractivity contribution in [2.45, 2.75) is 116 Å². The molecule has 5 N–H and O–H groups in total. The molecule has 13 heteroatoms. The number of aromatic carboxylic acids is 1. The third-order valence-electron chi connectivity index (χ3n) is 8.46. The quantitative estimate of drug-likeness (QED) is 0.102. The van der Waals surface area contributed by atoms with Crippen molar-refractivity contribution in [3.8, 4) is 0 Å². The van der Waals surface area contributed by atoms with Gasteiger partial charge in [-0.05, 0) is 86.4 Å². The Labute approximate surface area is 294 Å². The molecule has 2 aromatic rings. The van der Waals surface area contributed by atoms with Crippen molar-refractivity contribution in [2.75, 3.05) is 19.7 Å². The van der Waals surface area contributed by atoms with E-state index in [2.05, 4.69) is 41.1 Å². The maximum absolute atomic E-state index is 13.2. The van der Waals surface area contributed by atoms with E-state index < -0.39 is 24.1 Å². The molecule has 1 aromatic heterocycles. The van der Waals surface area contributed by atoms with Crippen LogP contribution in [0.1, 0.15) is 108 Å². The first-order valence-corrected chi connectivity index (χ1v) is 18.6. The highest BCUT2D eigenvalue weighted by Gasteiger charge is 2.37. The summed E-state index contributed by atoms with van der Waals surface area (Å²) >= 11 is 1.41. The van der Waals surface area contributed by atoms with Crippen molar-refractivity contribution in [3.05, 3.63) is 35.5 Å². The van der Waals surface area contributed by atoms with Crippen LogP contribution in [-0.4, -0.2) is 81.8 Å². The third kappa shape index (κ3) is 13.2. The molecular formula is C36H55N5O7S. The summed E-state index contributed by atoms with van der Waals surface area (Å²) < 4.78 is 8.11. The Hall–Kier alpha value is -3.74. The lowest BCUT2D eigenvalue weighted by Gasteiger charge is -2.28. The molecule has 3 atom stereocenters. The molecule has 49 heavy (non-hydrogen) atoms. The molecule has 2 heterocycles. The number of rotatable bonds is 17. The minimum absolute atomic E-state index is 0.0656. The molecule has 1 aliphatic heterocycles. The van der Waals surface area contributed by atoms with Gasteiger partial charge in [0.15, 0.2) is 0 Å². The fraction of sp³-hybridized carbons (Fsp3) is 0.639. The zero-order chi connectivity index (χ0) is 35.9. The van der Waals surface area contributed by atoms with Gasteiger partial charge in [0.25, 0.3) is 5.91 Å². The first kappa shape index (κ1) is 39.7. The first-order valence-electron chi connectivity index (χ1n) is 17.7. The van der Waals surface area contributed by atoms with Gasteiger partial charge in [0.1, 0.15) is 24.3 Å². The summed E-state index contributed by atoms with van der Waals surface area (Å²) in [4.78, 5) is 66.7. The molecule has 4 rings (SSSR count). The topological polar surface area (TPSA) is 170 Å². The number of nitrogens with zero attached hydrogens (tertiary/aromatic N) is 1. The predicted octanol–water partition coefficient (Wildman–Crippen LogP) is 5.81. The zero-order valence-electron chi connectivity index (χ0n) is 29.6. The number of aromatic nitrogens is 1. The van der Waals surface area contributed by atoms with E-state index in [-0.39, 0.29) is 42.5 Å². The van der Waals surface area contributed by atoms with Gasteiger partial charge in [-0.3, -0.25) is 19.1 Å². The highest BCUT2D eigenvalue weighted by molar-refractivity contribution is 7.98. The van der Waals surface area contributed by atoms with Gasteiger partial charge >= 0.3 is 12.1 Å². The first-order chi connectivity index (χ1) is 23.4. The molecule has 272 valence electrons. The van der Waals surface area contributed by atoms with Gasteiger partial charge in [-0.15, -0.1) is 0 Å². The second kappa shape index (κ2) is 20.1. The number of aryl methyl sites for hydroxylation is 1. The van der Waals surface area contributed by atoms with E-state index in [4.69, 9.17) is 4.74 Å². The number of aromatic amines is 1. The average molecular weight is 702 g/mol. The van der Waals surface area contributed by atoms with Crippen molar-refractivity contribution in [1.82, 2.24) is 25.2 Å². The van der Waals surface area contributed by atoms with Crippen LogP contribution >= 0.6 is 11.9 Å². The summed E-state index contributed by atoms with van der Waals surface area (Å²) in [5.74, 6) is -1.16. The largest absolute Gasteiger partial charge is 0.477 e. The number of nitrogens with one attached hydrogen (secondary N) is 4. The van der Waals surface area contributed by atoms with E-state index in [1.807, 2.05) is 32.0 Å². The highest BCUT2D eigenvalue weighted by Crippen LogP contribution is 2.32. The maximum atomic E-state index is 13.2. The summed E-state index contributed by atoms with van der Waals surface area (Å²) in [5, 5.41) is 16.0. The molecule has 12 nitrogen and oxygen atoms in total. The van der Waals surface area contributed by atoms with E-state index in [0.717, 1.165) is 60.9 Å². The zero-order valence-corrected chi connectivity index (χ0v) is 30.5. The average Bonchev–Trinajstić information content (AvgIpc) is 3.56. The number of likely N-dealkylation sites (tertiary alicyclic amines) is 1. The number of amides is 4. The number of carbonyl (C=O) groups is 5. The lowest BCUT2D eigenvalue weighted by molar-refractivity contribution is -0.139. The van der Waals surface area contributed by atoms with Crippen molar-refractivity contribution >= 4 is 52.6 Å². The van der Waals surface area contributed by atoms with Crippen LogP contribution in [0, 0.1) is 11.8 Å². The van der Waals surface area contributed by atoms with E-state index in [9.17, 15) is 29.1 Å².